The van der Waals surface area contributed by atoms with Gasteiger partial charge in [0.1, 0.15) is 11.9 Å². The third-order valence-corrected chi connectivity index (χ3v) is 1.36. The second-order valence-electron chi connectivity index (χ2n) is 2.95. The summed E-state index contributed by atoms with van der Waals surface area (Å²) in [5.74, 6) is -0.798. The van der Waals surface area contributed by atoms with Crippen molar-refractivity contribution in [1.82, 2.24) is 0 Å². The van der Waals surface area contributed by atoms with Gasteiger partial charge in [-0.2, -0.15) is 0 Å². The molecule has 0 aliphatic carbocycles. The quantitative estimate of drug-likeness (QED) is 0.559. The molecule has 2 N–H and O–H groups in total. The van der Waals surface area contributed by atoms with Crippen molar-refractivity contribution < 1.29 is 19.8 Å². The fraction of sp³-hybridized carbons (Fsp3) is 0.750. The van der Waals surface area contributed by atoms with Crippen LogP contribution in [0.3, 0.4) is 0 Å². The largest absolute Gasteiger partial charge is 0.393 e. The van der Waals surface area contributed by atoms with Crippen molar-refractivity contribution in [3.63, 3.8) is 0 Å². The van der Waals surface area contributed by atoms with Gasteiger partial charge in [0, 0.05) is 6.42 Å². The highest BCUT2D eigenvalue weighted by Gasteiger charge is 2.17. The van der Waals surface area contributed by atoms with Gasteiger partial charge in [-0.25, -0.2) is 0 Å². The second-order valence-corrected chi connectivity index (χ2v) is 2.95. The molecule has 0 saturated carbocycles. The number of hydrogen-bond acceptors (Lipinski definition) is 4. The highest BCUT2D eigenvalue weighted by Crippen LogP contribution is 2.01. The fourth-order valence-corrected chi connectivity index (χ4v) is 0.818. The van der Waals surface area contributed by atoms with Crippen LogP contribution in [0.1, 0.15) is 26.7 Å². The second kappa shape index (κ2) is 5.00. The summed E-state index contributed by atoms with van der Waals surface area (Å²) < 4.78 is 0. The standard InChI is InChI=1S/C8H14O4/c1-5(9)3-7(11)8(12)4-6(2)10/h5,7,9,11H,3-4H2,1-2H3/t5?,7-/m1/s1. The summed E-state index contributed by atoms with van der Waals surface area (Å²) in [5.41, 5.74) is 0. The van der Waals surface area contributed by atoms with Crippen LogP contribution >= 0.6 is 0 Å². The molecule has 0 aromatic rings. The summed E-state index contributed by atoms with van der Waals surface area (Å²) in [6.45, 7) is 2.76. The van der Waals surface area contributed by atoms with Crippen LogP contribution in [0.5, 0.6) is 0 Å². The Hall–Kier alpha value is -0.740. The van der Waals surface area contributed by atoms with E-state index < -0.39 is 18.0 Å². The molecule has 0 spiro atoms. The summed E-state index contributed by atoms with van der Waals surface area (Å²) in [5, 5.41) is 17.9. The highest BCUT2D eigenvalue weighted by atomic mass is 16.3. The fourth-order valence-electron chi connectivity index (χ4n) is 0.818. The van der Waals surface area contributed by atoms with Gasteiger partial charge in [-0.3, -0.25) is 9.59 Å². The Labute approximate surface area is 71.2 Å². The lowest BCUT2D eigenvalue weighted by Crippen LogP contribution is -2.26. The molecule has 0 saturated heterocycles. The number of rotatable bonds is 5. The topological polar surface area (TPSA) is 74.6 Å². The van der Waals surface area contributed by atoms with Crippen LogP contribution in [0, 0.1) is 0 Å². The van der Waals surface area contributed by atoms with Crippen molar-refractivity contribution >= 4 is 11.6 Å². The summed E-state index contributed by atoms with van der Waals surface area (Å²) in [6, 6.07) is 0. The number of Topliss-reactive ketones (excluding diaryl/α,β-unsaturated/α-hetero) is 2. The lowest BCUT2D eigenvalue weighted by molar-refractivity contribution is -0.132. The number of hydrogen-bond donors (Lipinski definition) is 2. The molecule has 0 radical (unpaired) electrons. The molecule has 2 atom stereocenters. The normalized spacial score (nSPS) is 15.3. The molecule has 0 heterocycles. The molecule has 0 aromatic heterocycles. The van der Waals surface area contributed by atoms with Crippen molar-refractivity contribution in [3.8, 4) is 0 Å². The van der Waals surface area contributed by atoms with E-state index in [0.29, 0.717) is 0 Å². The minimum Gasteiger partial charge on any atom is -0.393 e. The van der Waals surface area contributed by atoms with E-state index in [1.165, 1.54) is 13.8 Å². The Bertz CT molecular complexity index is 174. The van der Waals surface area contributed by atoms with Gasteiger partial charge in [-0.15, -0.1) is 0 Å². The Balaban J connectivity index is 3.85. The van der Waals surface area contributed by atoms with E-state index in [-0.39, 0.29) is 18.6 Å². The number of aliphatic hydroxyl groups is 2. The van der Waals surface area contributed by atoms with Crippen LogP contribution in [-0.2, 0) is 9.59 Å². The average molecular weight is 174 g/mol. The zero-order chi connectivity index (χ0) is 9.72. The van der Waals surface area contributed by atoms with Gasteiger partial charge in [-0.05, 0) is 13.8 Å². The Morgan fingerprint density at radius 3 is 2.17 bits per heavy atom. The molecule has 0 rings (SSSR count). The molecule has 0 aromatic carbocycles. The molecule has 0 aliphatic rings. The van der Waals surface area contributed by atoms with E-state index in [0.717, 1.165) is 0 Å². The van der Waals surface area contributed by atoms with Crippen LogP contribution in [0.2, 0.25) is 0 Å². The number of aliphatic hydroxyl groups excluding tert-OH is 2. The smallest absolute Gasteiger partial charge is 0.168 e. The van der Waals surface area contributed by atoms with E-state index in [2.05, 4.69) is 0 Å². The van der Waals surface area contributed by atoms with Gasteiger partial charge in [0.2, 0.25) is 0 Å². The lowest BCUT2D eigenvalue weighted by Gasteiger charge is -2.09. The molecule has 0 amide bonds. The molecule has 0 aliphatic heterocycles. The van der Waals surface area contributed by atoms with Gasteiger partial charge in [0.05, 0.1) is 12.5 Å². The van der Waals surface area contributed by atoms with E-state index in [1.54, 1.807) is 0 Å². The predicted octanol–water partition coefficient (Wildman–Crippen LogP) is -0.334. The predicted molar refractivity (Wildman–Crippen MR) is 42.6 cm³/mol. The van der Waals surface area contributed by atoms with E-state index in [4.69, 9.17) is 10.2 Å². The first kappa shape index (κ1) is 11.3. The first-order valence-electron chi connectivity index (χ1n) is 3.81. The molecule has 70 valence electrons. The third kappa shape index (κ3) is 4.98. The number of carbonyl (C=O) groups is 2. The number of carbonyl (C=O) groups excluding carboxylic acids is 2. The van der Waals surface area contributed by atoms with Crippen molar-refractivity contribution in [1.29, 1.82) is 0 Å². The van der Waals surface area contributed by atoms with Crippen LogP contribution in [0.15, 0.2) is 0 Å². The molecular formula is C8H14O4. The van der Waals surface area contributed by atoms with Crippen molar-refractivity contribution in [2.24, 2.45) is 0 Å². The molecular weight excluding hydrogens is 160 g/mol. The van der Waals surface area contributed by atoms with Crippen molar-refractivity contribution in [2.45, 2.75) is 38.9 Å². The van der Waals surface area contributed by atoms with Crippen LogP contribution in [0.25, 0.3) is 0 Å². The molecule has 4 heteroatoms. The van der Waals surface area contributed by atoms with Crippen LogP contribution < -0.4 is 0 Å². The van der Waals surface area contributed by atoms with Gasteiger partial charge in [0.15, 0.2) is 5.78 Å². The maximum atomic E-state index is 10.9. The SMILES string of the molecule is CC(=O)CC(=O)[C@H](O)CC(C)O. The summed E-state index contributed by atoms with van der Waals surface area (Å²) in [6.07, 6.45) is -2.20. The zero-order valence-electron chi connectivity index (χ0n) is 7.28. The number of ketones is 2. The summed E-state index contributed by atoms with van der Waals surface area (Å²) in [4.78, 5) is 21.4. The monoisotopic (exact) mass is 174 g/mol. The molecule has 12 heavy (non-hydrogen) atoms. The van der Waals surface area contributed by atoms with Crippen LogP contribution in [-0.4, -0.2) is 34.0 Å². The first-order chi connectivity index (χ1) is 5.43. The zero-order valence-corrected chi connectivity index (χ0v) is 7.28. The molecule has 4 nitrogen and oxygen atoms in total. The Morgan fingerprint density at radius 2 is 1.83 bits per heavy atom. The van der Waals surface area contributed by atoms with Gasteiger partial charge in [-0.1, -0.05) is 0 Å². The molecule has 0 bridgehead atoms. The van der Waals surface area contributed by atoms with Crippen molar-refractivity contribution in [3.05, 3.63) is 0 Å². The van der Waals surface area contributed by atoms with Gasteiger partial charge in [0.25, 0.3) is 0 Å². The minimum atomic E-state index is -1.21. The molecule has 0 fully saturated rings. The van der Waals surface area contributed by atoms with Gasteiger partial charge >= 0.3 is 0 Å². The van der Waals surface area contributed by atoms with Crippen LogP contribution in [0.4, 0.5) is 0 Å². The van der Waals surface area contributed by atoms with Crippen molar-refractivity contribution in [2.75, 3.05) is 0 Å². The van der Waals surface area contributed by atoms with Gasteiger partial charge < -0.3 is 10.2 Å². The maximum Gasteiger partial charge on any atom is 0.168 e. The first-order valence-corrected chi connectivity index (χ1v) is 3.81. The summed E-state index contributed by atoms with van der Waals surface area (Å²) >= 11 is 0. The summed E-state index contributed by atoms with van der Waals surface area (Å²) in [7, 11) is 0. The van der Waals surface area contributed by atoms with E-state index in [9.17, 15) is 9.59 Å². The average Bonchev–Trinajstić information content (AvgIpc) is 1.84. The lowest BCUT2D eigenvalue weighted by atomic mass is 10.1. The highest BCUT2D eigenvalue weighted by molar-refractivity contribution is 5.99. The minimum absolute atomic E-state index is 0.00782. The Kier molecular flexibility index (Phi) is 4.70. The van der Waals surface area contributed by atoms with E-state index in [1.807, 2.05) is 0 Å². The third-order valence-electron chi connectivity index (χ3n) is 1.36. The maximum absolute atomic E-state index is 10.9. The Morgan fingerprint density at radius 1 is 1.33 bits per heavy atom. The molecule has 1 unspecified atom stereocenters. The van der Waals surface area contributed by atoms with E-state index >= 15 is 0 Å².